The molecule has 86 valence electrons. The van der Waals surface area contributed by atoms with Crippen LogP contribution in [0.1, 0.15) is 10.4 Å². The van der Waals surface area contributed by atoms with E-state index in [9.17, 15) is 4.79 Å². The number of anilines is 1. The van der Waals surface area contributed by atoms with E-state index in [0.717, 1.165) is 9.38 Å². The molecule has 0 unspecified atom stereocenters. The Morgan fingerprint density at radius 2 is 2.31 bits per heavy atom. The van der Waals surface area contributed by atoms with Gasteiger partial charge in [-0.15, -0.1) is 11.8 Å². The number of aromatic carboxylic acids is 1. The van der Waals surface area contributed by atoms with Gasteiger partial charge in [0, 0.05) is 15.9 Å². The molecule has 0 spiro atoms. The van der Waals surface area contributed by atoms with Crippen molar-refractivity contribution in [3.63, 3.8) is 0 Å². The summed E-state index contributed by atoms with van der Waals surface area (Å²) < 4.78 is 0.776. The molecule has 0 bridgehead atoms. The van der Waals surface area contributed by atoms with Gasteiger partial charge in [-0.05, 0) is 18.4 Å². The van der Waals surface area contributed by atoms with Gasteiger partial charge in [0.25, 0.3) is 0 Å². The van der Waals surface area contributed by atoms with Crippen molar-refractivity contribution < 1.29 is 9.90 Å². The van der Waals surface area contributed by atoms with Crippen molar-refractivity contribution in [1.29, 1.82) is 0 Å². The summed E-state index contributed by atoms with van der Waals surface area (Å²) in [6, 6.07) is 5.37. The quantitative estimate of drug-likeness (QED) is 0.818. The lowest BCUT2D eigenvalue weighted by molar-refractivity contribution is 0.0694. The summed E-state index contributed by atoms with van der Waals surface area (Å²) in [5, 5.41) is 12.2. The standard InChI is InChI=1S/C11H12BrNO2S/c1-7(12)6-13-8-4-3-5-9(16-2)10(8)11(14)15/h3-5,13H,1,6H2,2H3,(H,14,15). The third-order valence-electron chi connectivity index (χ3n) is 1.93. The average molecular weight is 302 g/mol. The van der Waals surface area contributed by atoms with E-state index in [1.165, 1.54) is 11.8 Å². The van der Waals surface area contributed by atoms with Crippen LogP contribution in [0.2, 0.25) is 0 Å². The highest BCUT2D eigenvalue weighted by Gasteiger charge is 2.14. The molecule has 2 N–H and O–H groups in total. The van der Waals surface area contributed by atoms with Gasteiger partial charge in [-0.2, -0.15) is 0 Å². The van der Waals surface area contributed by atoms with Crippen molar-refractivity contribution in [3.05, 3.63) is 34.8 Å². The lowest BCUT2D eigenvalue weighted by Gasteiger charge is -2.11. The molecule has 0 amide bonds. The van der Waals surface area contributed by atoms with Crippen molar-refractivity contribution in [2.24, 2.45) is 0 Å². The zero-order valence-corrected chi connectivity index (χ0v) is 11.2. The van der Waals surface area contributed by atoms with Crippen LogP contribution in [-0.4, -0.2) is 23.9 Å². The number of thioether (sulfide) groups is 1. The van der Waals surface area contributed by atoms with Gasteiger partial charge in [0.1, 0.15) is 0 Å². The molecule has 0 aliphatic rings. The van der Waals surface area contributed by atoms with E-state index in [4.69, 9.17) is 5.11 Å². The van der Waals surface area contributed by atoms with Crippen LogP contribution >= 0.6 is 27.7 Å². The Bertz CT molecular complexity index is 420. The lowest BCUT2D eigenvalue weighted by atomic mass is 10.2. The van der Waals surface area contributed by atoms with E-state index >= 15 is 0 Å². The van der Waals surface area contributed by atoms with E-state index in [2.05, 4.69) is 27.8 Å². The zero-order valence-electron chi connectivity index (χ0n) is 8.79. The Morgan fingerprint density at radius 1 is 1.62 bits per heavy atom. The third kappa shape index (κ3) is 3.28. The molecule has 1 rings (SSSR count). The van der Waals surface area contributed by atoms with Crippen LogP contribution in [0.25, 0.3) is 0 Å². The fraction of sp³-hybridized carbons (Fsp3) is 0.182. The molecule has 0 aliphatic heterocycles. The topological polar surface area (TPSA) is 49.3 Å². The predicted octanol–water partition coefficient (Wildman–Crippen LogP) is 3.43. The molecular weight excluding hydrogens is 290 g/mol. The molecule has 0 aromatic heterocycles. The molecule has 1 aromatic carbocycles. The summed E-state index contributed by atoms with van der Waals surface area (Å²) in [4.78, 5) is 11.9. The van der Waals surface area contributed by atoms with E-state index in [0.29, 0.717) is 17.8 Å². The lowest BCUT2D eigenvalue weighted by Crippen LogP contribution is -2.08. The second-order valence-electron chi connectivity index (χ2n) is 3.06. The molecule has 1 aromatic rings. The normalized spacial score (nSPS) is 9.88. The van der Waals surface area contributed by atoms with Crippen LogP contribution in [0, 0.1) is 0 Å². The first-order chi connectivity index (χ1) is 7.56. The van der Waals surface area contributed by atoms with Gasteiger partial charge in [-0.25, -0.2) is 4.79 Å². The molecule has 0 heterocycles. The number of rotatable bonds is 5. The molecular formula is C11H12BrNO2S. The Labute approximate surface area is 107 Å². The molecule has 0 radical (unpaired) electrons. The molecule has 0 atom stereocenters. The summed E-state index contributed by atoms with van der Waals surface area (Å²) >= 11 is 4.64. The molecule has 5 heteroatoms. The van der Waals surface area contributed by atoms with Gasteiger partial charge in [0.2, 0.25) is 0 Å². The van der Waals surface area contributed by atoms with Gasteiger partial charge in [0.05, 0.1) is 11.3 Å². The van der Waals surface area contributed by atoms with Crippen LogP contribution in [0.5, 0.6) is 0 Å². The number of nitrogens with one attached hydrogen (secondary N) is 1. The van der Waals surface area contributed by atoms with Crippen molar-refractivity contribution in [2.45, 2.75) is 4.90 Å². The maximum Gasteiger partial charge on any atom is 0.338 e. The highest BCUT2D eigenvalue weighted by Crippen LogP contribution is 2.27. The Kier molecular flexibility index (Phi) is 4.89. The van der Waals surface area contributed by atoms with Crippen LogP contribution in [0.3, 0.4) is 0 Å². The molecule has 0 fully saturated rings. The van der Waals surface area contributed by atoms with Crippen LogP contribution in [0.15, 0.2) is 34.2 Å². The second-order valence-corrected chi connectivity index (χ2v) is 5.03. The molecule has 0 aliphatic carbocycles. The largest absolute Gasteiger partial charge is 0.478 e. The van der Waals surface area contributed by atoms with E-state index in [1.807, 2.05) is 12.3 Å². The van der Waals surface area contributed by atoms with E-state index in [1.54, 1.807) is 12.1 Å². The molecule has 0 saturated carbocycles. The highest BCUT2D eigenvalue weighted by atomic mass is 79.9. The molecule has 16 heavy (non-hydrogen) atoms. The summed E-state index contributed by atoms with van der Waals surface area (Å²) in [6.45, 7) is 4.19. The Balaban J connectivity index is 3.07. The van der Waals surface area contributed by atoms with Crippen molar-refractivity contribution in [1.82, 2.24) is 0 Å². The fourth-order valence-electron chi connectivity index (χ4n) is 1.26. The average Bonchev–Trinajstić information content (AvgIpc) is 2.25. The first-order valence-electron chi connectivity index (χ1n) is 4.53. The first-order valence-corrected chi connectivity index (χ1v) is 6.55. The van der Waals surface area contributed by atoms with Gasteiger partial charge in [-0.1, -0.05) is 28.6 Å². The maximum absolute atomic E-state index is 11.2. The summed E-state index contributed by atoms with van der Waals surface area (Å²) in [5.41, 5.74) is 0.920. The predicted molar refractivity (Wildman–Crippen MR) is 71.7 cm³/mol. The summed E-state index contributed by atoms with van der Waals surface area (Å²) in [5.74, 6) is -0.923. The highest BCUT2D eigenvalue weighted by molar-refractivity contribution is 9.11. The minimum Gasteiger partial charge on any atom is -0.478 e. The van der Waals surface area contributed by atoms with Gasteiger partial charge in [-0.3, -0.25) is 0 Å². The number of hydrogen-bond donors (Lipinski definition) is 2. The Hall–Kier alpha value is -0.940. The smallest absolute Gasteiger partial charge is 0.338 e. The van der Waals surface area contributed by atoms with Crippen molar-refractivity contribution >= 4 is 39.3 Å². The minimum absolute atomic E-state index is 0.309. The molecule has 3 nitrogen and oxygen atoms in total. The summed E-state index contributed by atoms with van der Waals surface area (Å²) in [7, 11) is 0. The monoisotopic (exact) mass is 301 g/mol. The minimum atomic E-state index is -0.923. The maximum atomic E-state index is 11.2. The number of hydrogen-bond acceptors (Lipinski definition) is 3. The number of carboxylic acid groups (broad SMARTS) is 1. The zero-order chi connectivity index (χ0) is 12.1. The summed E-state index contributed by atoms with van der Waals surface area (Å²) in [6.07, 6.45) is 1.86. The number of carbonyl (C=O) groups is 1. The Morgan fingerprint density at radius 3 is 2.81 bits per heavy atom. The fourth-order valence-corrected chi connectivity index (χ4v) is 2.02. The number of carboxylic acids is 1. The van der Waals surface area contributed by atoms with Gasteiger partial charge in [0.15, 0.2) is 0 Å². The van der Waals surface area contributed by atoms with Gasteiger partial charge >= 0.3 is 5.97 Å². The third-order valence-corrected chi connectivity index (χ3v) is 2.99. The van der Waals surface area contributed by atoms with Crippen molar-refractivity contribution in [3.8, 4) is 0 Å². The van der Waals surface area contributed by atoms with E-state index < -0.39 is 5.97 Å². The van der Waals surface area contributed by atoms with Crippen LogP contribution in [-0.2, 0) is 0 Å². The number of benzene rings is 1. The van der Waals surface area contributed by atoms with Gasteiger partial charge < -0.3 is 10.4 Å². The molecule has 0 saturated heterocycles. The SMILES string of the molecule is C=C(Br)CNc1cccc(SC)c1C(=O)O. The number of halogens is 1. The van der Waals surface area contributed by atoms with E-state index in [-0.39, 0.29) is 0 Å². The van der Waals surface area contributed by atoms with Crippen molar-refractivity contribution in [2.75, 3.05) is 18.1 Å². The van der Waals surface area contributed by atoms with Crippen LogP contribution in [0.4, 0.5) is 5.69 Å². The second kappa shape index (κ2) is 5.96. The van der Waals surface area contributed by atoms with Crippen LogP contribution < -0.4 is 5.32 Å². The first kappa shape index (κ1) is 13.1.